The van der Waals surface area contributed by atoms with Crippen LogP contribution in [0.5, 0.6) is 0 Å². The summed E-state index contributed by atoms with van der Waals surface area (Å²) in [5.41, 5.74) is 0.415. The number of hydrogen-bond donors (Lipinski definition) is 1. The Hall–Kier alpha value is -0.730. The molecule has 0 aromatic rings. The van der Waals surface area contributed by atoms with Crippen LogP contribution in [0.15, 0.2) is 0 Å². The summed E-state index contributed by atoms with van der Waals surface area (Å²) in [4.78, 5) is 14.2. The van der Waals surface area contributed by atoms with Gasteiger partial charge in [-0.1, -0.05) is 20.8 Å². The number of fused-ring (bicyclic) bond motifs is 2. The Morgan fingerprint density at radius 1 is 1.22 bits per heavy atom. The number of piperidine rings is 1. The molecule has 2 bridgehead atoms. The quantitative estimate of drug-likeness (QED) is 0.802. The molecule has 0 unspecified atom stereocenters. The molecule has 2 saturated heterocycles. The van der Waals surface area contributed by atoms with Gasteiger partial charge in [0.15, 0.2) is 0 Å². The van der Waals surface area contributed by atoms with Crippen LogP contribution in [0, 0.1) is 11.3 Å². The minimum absolute atomic E-state index is 0.166. The van der Waals surface area contributed by atoms with Crippen molar-refractivity contribution in [3.05, 3.63) is 0 Å². The number of urea groups is 1. The van der Waals surface area contributed by atoms with Gasteiger partial charge in [0, 0.05) is 18.6 Å². The highest BCUT2D eigenvalue weighted by atomic mass is 16.2. The number of rotatable bonds is 2. The van der Waals surface area contributed by atoms with Gasteiger partial charge in [0.25, 0.3) is 0 Å². The Bertz CT molecular complexity index is 294. The largest absolute Gasteiger partial charge is 0.338 e. The standard InChI is InChI=1S/C15H28N2O/c1-5-16-14(18)17-12-6-7-13(17)9-11(8-12)10-15(2,3)4/h11-13H,5-10H2,1-4H3,(H,16,18)/t11-,12-,13+. The molecule has 1 N–H and O–H groups in total. The number of hydrogen-bond acceptors (Lipinski definition) is 1. The molecular weight excluding hydrogens is 224 g/mol. The summed E-state index contributed by atoms with van der Waals surface area (Å²) in [7, 11) is 0. The highest BCUT2D eigenvalue weighted by Crippen LogP contribution is 2.42. The first-order chi connectivity index (χ1) is 8.40. The average Bonchev–Trinajstić information content (AvgIpc) is 2.49. The monoisotopic (exact) mass is 252 g/mol. The molecule has 0 radical (unpaired) electrons. The van der Waals surface area contributed by atoms with Gasteiger partial charge >= 0.3 is 6.03 Å². The van der Waals surface area contributed by atoms with E-state index >= 15 is 0 Å². The summed E-state index contributed by atoms with van der Waals surface area (Å²) in [5.74, 6) is 0.813. The zero-order valence-corrected chi connectivity index (χ0v) is 12.3. The molecular formula is C15H28N2O. The van der Waals surface area contributed by atoms with Gasteiger partial charge in [0.1, 0.15) is 0 Å². The van der Waals surface area contributed by atoms with Crippen molar-refractivity contribution in [2.45, 2.75) is 71.9 Å². The molecule has 3 nitrogen and oxygen atoms in total. The molecule has 2 fully saturated rings. The molecule has 18 heavy (non-hydrogen) atoms. The van der Waals surface area contributed by atoms with Crippen molar-refractivity contribution < 1.29 is 4.79 Å². The minimum atomic E-state index is 0.166. The van der Waals surface area contributed by atoms with E-state index in [0.717, 1.165) is 12.5 Å². The molecule has 0 saturated carbocycles. The first-order valence-corrected chi connectivity index (χ1v) is 7.47. The second kappa shape index (κ2) is 5.10. The van der Waals surface area contributed by atoms with Crippen molar-refractivity contribution >= 4 is 6.03 Å². The van der Waals surface area contributed by atoms with Crippen LogP contribution in [0.2, 0.25) is 0 Å². The molecule has 104 valence electrons. The maximum absolute atomic E-state index is 12.1. The average molecular weight is 252 g/mol. The highest BCUT2D eigenvalue weighted by molar-refractivity contribution is 5.75. The van der Waals surface area contributed by atoms with Gasteiger partial charge in [-0.25, -0.2) is 4.79 Å². The van der Waals surface area contributed by atoms with E-state index in [0.29, 0.717) is 17.5 Å². The third kappa shape index (κ3) is 2.99. The fourth-order valence-corrected chi connectivity index (χ4v) is 3.90. The third-order valence-corrected chi connectivity index (χ3v) is 4.29. The van der Waals surface area contributed by atoms with Crippen LogP contribution >= 0.6 is 0 Å². The van der Waals surface area contributed by atoms with Crippen LogP contribution in [-0.2, 0) is 0 Å². The van der Waals surface area contributed by atoms with Gasteiger partial charge in [0.2, 0.25) is 0 Å². The fourth-order valence-electron chi connectivity index (χ4n) is 3.90. The van der Waals surface area contributed by atoms with E-state index in [2.05, 4.69) is 31.0 Å². The van der Waals surface area contributed by atoms with Crippen molar-refractivity contribution in [2.75, 3.05) is 6.54 Å². The topological polar surface area (TPSA) is 32.3 Å². The van der Waals surface area contributed by atoms with Crippen LogP contribution in [-0.4, -0.2) is 29.6 Å². The first-order valence-electron chi connectivity index (χ1n) is 7.47. The lowest BCUT2D eigenvalue weighted by Gasteiger charge is -2.40. The van der Waals surface area contributed by atoms with Crippen molar-refractivity contribution in [3.63, 3.8) is 0 Å². The highest BCUT2D eigenvalue weighted by Gasteiger charge is 2.43. The van der Waals surface area contributed by atoms with Crippen molar-refractivity contribution in [2.24, 2.45) is 11.3 Å². The first kappa shape index (κ1) is 13.7. The van der Waals surface area contributed by atoms with E-state index in [1.165, 1.54) is 32.1 Å². The molecule has 3 atom stereocenters. The zero-order chi connectivity index (χ0) is 13.3. The molecule has 2 rings (SSSR count). The summed E-state index contributed by atoms with van der Waals surface area (Å²) in [6.07, 6.45) is 6.14. The predicted octanol–water partition coefficient (Wildman–Crippen LogP) is 3.40. The van der Waals surface area contributed by atoms with Crippen molar-refractivity contribution in [3.8, 4) is 0 Å². The molecule has 2 aliphatic rings. The number of nitrogens with zero attached hydrogens (tertiary/aromatic N) is 1. The van der Waals surface area contributed by atoms with E-state index < -0.39 is 0 Å². The van der Waals surface area contributed by atoms with Gasteiger partial charge in [-0.05, 0) is 50.4 Å². The van der Waals surface area contributed by atoms with Crippen molar-refractivity contribution in [1.82, 2.24) is 10.2 Å². The van der Waals surface area contributed by atoms with Gasteiger partial charge in [-0.15, -0.1) is 0 Å². The zero-order valence-electron chi connectivity index (χ0n) is 12.3. The number of carbonyl (C=O) groups is 1. The molecule has 2 aliphatic heterocycles. The van der Waals surface area contributed by atoms with Gasteiger partial charge < -0.3 is 10.2 Å². The van der Waals surface area contributed by atoms with Gasteiger partial charge in [-0.2, -0.15) is 0 Å². The normalized spacial score (nSPS) is 31.6. The molecule has 0 aromatic carbocycles. The molecule has 0 spiro atoms. The summed E-state index contributed by atoms with van der Waals surface area (Å²) in [5, 5.41) is 2.97. The molecule has 3 heteroatoms. The Kier molecular flexibility index (Phi) is 3.88. The van der Waals surface area contributed by atoms with E-state index in [1.54, 1.807) is 0 Å². The Balaban J connectivity index is 1.97. The minimum Gasteiger partial charge on any atom is -0.338 e. The Labute approximate surface area is 111 Å². The molecule has 0 aliphatic carbocycles. The number of amides is 2. The lowest BCUT2D eigenvalue weighted by molar-refractivity contribution is 0.105. The lowest BCUT2D eigenvalue weighted by Crippen LogP contribution is -2.51. The van der Waals surface area contributed by atoms with Crippen LogP contribution in [0.3, 0.4) is 0 Å². The Morgan fingerprint density at radius 3 is 2.22 bits per heavy atom. The fraction of sp³-hybridized carbons (Fsp3) is 0.933. The van der Waals surface area contributed by atoms with Gasteiger partial charge in [-0.3, -0.25) is 0 Å². The molecule has 0 aromatic heterocycles. The molecule has 2 amide bonds. The summed E-state index contributed by atoms with van der Waals surface area (Å²) in [6.45, 7) is 9.70. The van der Waals surface area contributed by atoms with E-state index in [9.17, 15) is 4.79 Å². The van der Waals surface area contributed by atoms with Crippen molar-refractivity contribution in [1.29, 1.82) is 0 Å². The van der Waals surface area contributed by atoms with Crippen LogP contribution in [0.4, 0.5) is 4.79 Å². The van der Waals surface area contributed by atoms with Crippen LogP contribution in [0.1, 0.15) is 59.8 Å². The lowest BCUT2D eigenvalue weighted by atomic mass is 9.78. The number of nitrogens with one attached hydrogen (secondary N) is 1. The maximum Gasteiger partial charge on any atom is 0.317 e. The second-order valence-electron chi connectivity index (χ2n) is 7.23. The summed E-state index contributed by atoms with van der Waals surface area (Å²) >= 11 is 0. The summed E-state index contributed by atoms with van der Waals surface area (Å²) in [6, 6.07) is 1.17. The smallest absolute Gasteiger partial charge is 0.317 e. The van der Waals surface area contributed by atoms with Crippen LogP contribution in [0.25, 0.3) is 0 Å². The van der Waals surface area contributed by atoms with E-state index in [4.69, 9.17) is 0 Å². The second-order valence-corrected chi connectivity index (χ2v) is 7.23. The van der Waals surface area contributed by atoms with Crippen LogP contribution < -0.4 is 5.32 Å². The van der Waals surface area contributed by atoms with Gasteiger partial charge in [0.05, 0.1) is 0 Å². The van der Waals surface area contributed by atoms with E-state index in [-0.39, 0.29) is 6.03 Å². The third-order valence-electron chi connectivity index (χ3n) is 4.29. The SMILES string of the molecule is CCNC(=O)N1[C@@H]2CC[C@H]1C[C@H](CC(C)(C)C)C2. The number of carbonyl (C=O) groups excluding carboxylic acids is 1. The predicted molar refractivity (Wildman–Crippen MR) is 74.5 cm³/mol. The Morgan fingerprint density at radius 2 is 1.78 bits per heavy atom. The maximum atomic E-state index is 12.1. The van der Waals surface area contributed by atoms with E-state index in [1.807, 2.05) is 6.92 Å². The molecule has 2 heterocycles. The summed E-state index contributed by atoms with van der Waals surface area (Å²) < 4.78 is 0.